The molecular weight excluding hydrogens is 366 g/mol. The van der Waals surface area contributed by atoms with Crippen molar-refractivity contribution in [2.45, 2.75) is 44.6 Å². The molecule has 29 heavy (non-hydrogen) atoms. The fourth-order valence-corrected chi connectivity index (χ4v) is 4.85. The zero-order valence-corrected chi connectivity index (χ0v) is 17.2. The summed E-state index contributed by atoms with van der Waals surface area (Å²) in [4.78, 5) is 29.8. The molecule has 6 nitrogen and oxygen atoms in total. The molecule has 1 N–H and O–H groups in total. The van der Waals surface area contributed by atoms with E-state index in [0.29, 0.717) is 6.54 Å². The largest absolute Gasteiger partial charge is 0.376 e. The van der Waals surface area contributed by atoms with Crippen molar-refractivity contribution in [3.63, 3.8) is 0 Å². The molecule has 6 heteroatoms. The quantitative estimate of drug-likeness (QED) is 0.826. The molecule has 0 bridgehead atoms. The number of carbonyl (C=O) groups is 2. The maximum Gasteiger partial charge on any atom is 0.225 e. The van der Waals surface area contributed by atoms with Crippen LogP contribution in [0.4, 0.5) is 5.69 Å². The average molecular weight is 400 g/mol. The first-order chi connectivity index (χ1) is 14.2. The number of carbonyl (C=O) groups excluding carboxylic acids is 2. The first-order valence-corrected chi connectivity index (χ1v) is 11.2. The van der Waals surface area contributed by atoms with Crippen LogP contribution in [0.5, 0.6) is 0 Å². The number of rotatable bonds is 5. The molecule has 0 aromatic heterocycles. The molecule has 3 fully saturated rings. The third-order valence-corrected chi connectivity index (χ3v) is 6.69. The zero-order valence-electron chi connectivity index (χ0n) is 17.2. The normalized spacial score (nSPS) is 27.7. The maximum absolute atomic E-state index is 13.0. The second-order valence-electron chi connectivity index (χ2n) is 8.58. The van der Waals surface area contributed by atoms with Gasteiger partial charge in [-0.1, -0.05) is 18.2 Å². The summed E-state index contributed by atoms with van der Waals surface area (Å²) < 4.78 is 5.57. The van der Waals surface area contributed by atoms with Crippen molar-refractivity contribution < 1.29 is 14.3 Å². The molecule has 158 valence electrons. The van der Waals surface area contributed by atoms with Crippen LogP contribution < -0.4 is 10.2 Å². The van der Waals surface area contributed by atoms with Gasteiger partial charge in [-0.05, 0) is 50.7 Å². The van der Waals surface area contributed by atoms with Gasteiger partial charge in [0.25, 0.3) is 0 Å². The maximum atomic E-state index is 13.0. The number of hydrogen-bond acceptors (Lipinski definition) is 4. The molecule has 2 heterocycles. The summed E-state index contributed by atoms with van der Waals surface area (Å²) in [5.41, 5.74) is 1.23. The SMILES string of the molecule is O=C(NCC1CCCO1)C1CCC(C(=O)N2CCN(c3ccccc3)CC2)CC1. The van der Waals surface area contributed by atoms with Crippen LogP contribution in [0.15, 0.2) is 30.3 Å². The minimum absolute atomic E-state index is 0.0513. The van der Waals surface area contributed by atoms with Gasteiger partial charge in [0.15, 0.2) is 0 Å². The Morgan fingerprint density at radius 1 is 0.931 bits per heavy atom. The summed E-state index contributed by atoms with van der Waals surface area (Å²) in [5.74, 6) is 0.565. The summed E-state index contributed by atoms with van der Waals surface area (Å²) in [6.07, 6.45) is 5.61. The Labute approximate surface area is 173 Å². The Bertz CT molecular complexity index is 674. The molecular formula is C23H33N3O3. The number of nitrogens with zero attached hydrogens (tertiary/aromatic N) is 2. The topological polar surface area (TPSA) is 61.9 Å². The molecule has 1 aromatic carbocycles. The Morgan fingerprint density at radius 2 is 1.62 bits per heavy atom. The van der Waals surface area contributed by atoms with Crippen LogP contribution in [-0.2, 0) is 14.3 Å². The number of anilines is 1. The standard InChI is InChI=1S/C23H33N3O3/c27-22(24-17-21-7-4-16-29-21)18-8-10-19(11-9-18)23(28)26-14-12-25(13-15-26)20-5-2-1-3-6-20/h1-3,5-6,18-19,21H,4,7-17H2,(H,24,27). The van der Waals surface area contributed by atoms with Gasteiger partial charge in [0, 0.05) is 56.9 Å². The summed E-state index contributed by atoms with van der Waals surface area (Å²) in [7, 11) is 0. The Balaban J connectivity index is 1.19. The highest BCUT2D eigenvalue weighted by Gasteiger charge is 2.33. The van der Waals surface area contributed by atoms with Crippen LogP contribution in [0, 0.1) is 11.8 Å². The smallest absolute Gasteiger partial charge is 0.225 e. The molecule has 1 atom stereocenters. The van der Waals surface area contributed by atoms with Gasteiger partial charge in [0.2, 0.25) is 11.8 Å². The van der Waals surface area contributed by atoms with Gasteiger partial charge < -0.3 is 19.9 Å². The highest BCUT2D eigenvalue weighted by atomic mass is 16.5. The van der Waals surface area contributed by atoms with E-state index >= 15 is 0 Å². The lowest BCUT2D eigenvalue weighted by molar-refractivity contribution is -0.138. The van der Waals surface area contributed by atoms with E-state index in [1.807, 2.05) is 11.0 Å². The van der Waals surface area contributed by atoms with Gasteiger partial charge in [0.1, 0.15) is 0 Å². The third-order valence-electron chi connectivity index (χ3n) is 6.69. The minimum Gasteiger partial charge on any atom is -0.376 e. The van der Waals surface area contributed by atoms with Crippen molar-refractivity contribution in [1.82, 2.24) is 10.2 Å². The van der Waals surface area contributed by atoms with E-state index in [4.69, 9.17) is 4.74 Å². The summed E-state index contributed by atoms with van der Waals surface area (Å²) >= 11 is 0. The second-order valence-corrected chi connectivity index (χ2v) is 8.58. The predicted molar refractivity (Wildman–Crippen MR) is 113 cm³/mol. The lowest BCUT2D eigenvalue weighted by Crippen LogP contribution is -2.51. The molecule has 1 unspecified atom stereocenters. The Kier molecular flexibility index (Phi) is 6.70. The predicted octanol–water partition coefficient (Wildman–Crippen LogP) is 2.44. The van der Waals surface area contributed by atoms with Gasteiger partial charge in [0.05, 0.1) is 6.10 Å². The van der Waals surface area contributed by atoms with E-state index in [2.05, 4.69) is 34.5 Å². The number of amides is 2. The van der Waals surface area contributed by atoms with E-state index in [0.717, 1.165) is 71.3 Å². The first-order valence-electron chi connectivity index (χ1n) is 11.2. The molecule has 1 saturated carbocycles. The van der Waals surface area contributed by atoms with Gasteiger partial charge in [-0.2, -0.15) is 0 Å². The fourth-order valence-electron chi connectivity index (χ4n) is 4.85. The van der Waals surface area contributed by atoms with Gasteiger partial charge in [-0.25, -0.2) is 0 Å². The number of benzene rings is 1. The zero-order chi connectivity index (χ0) is 20.1. The molecule has 1 aromatic rings. The number of nitrogens with one attached hydrogen (secondary N) is 1. The van der Waals surface area contributed by atoms with Crippen LogP contribution >= 0.6 is 0 Å². The lowest BCUT2D eigenvalue weighted by atomic mass is 9.80. The fraction of sp³-hybridized carbons (Fsp3) is 0.652. The molecule has 0 radical (unpaired) electrons. The summed E-state index contributed by atoms with van der Waals surface area (Å²) in [6, 6.07) is 10.4. The minimum atomic E-state index is 0.0513. The molecule has 1 aliphatic carbocycles. The number of hydrogen-bond donors (Lipinski definition) is 1. The van der Waals surface area contributed by atoms with Crippen LogP contribution in [0.25, 0.3) is 0 Å². The van der Waals surface area contributed by atoms with Gasteiger partial charge >= 0.3 is 0 Å². The van der Waals surface area contributed by atoms with Gasteiger partial charge in [-0.3, -0.25) is 9.59 Å². The molecule has 0 spiro atoms. The monoisotopic (exact) mass is 399 g/mol. The number of piperazine rings is 1. The van der Waals surface area contributed by atoms with Crippen LogP contribution in [-0.4, -0.2) is 62.1 Å². The molecule has 2 amide bonds. The van der Waals surface area contributed by atoms with E-state index in [-0.39, 0.29) is 29.8 Å². The number of ether oxygens (including phenoxy) is 1. The summed E-state index contributed by atoms with van der Waals surface area (Å²) in [6.45, 7) is 4.79. The molecule has 2 aliphatic heterocycles. The van der Waals surface area contributed by atoms with E-state index < -0.39 is 0 Å². The summed E-state index contributed by atoms with van der Waals surface area (Å²) in [5, 5.41) is 3.06. The van der Waals surface area contributed by atoms with Crippen LogP contribution in [0.1, 0.15) is 38.5 Å². The van der Waals surface area contributed by atoms with E-state index in [1.54, 1.807) is 0 Å². The Hall–Kier alpha value is -2.08. The van der Waals surface area contributed by atoms with Crippen molar-refractivity contribution >= 4 is 17.5 Å². The molecule has 4 rings (SSSR count). The average Bonchev–Trinajstić information content (AvgIpc) is 3.31. The van der Waals surface area contributed by atoms with E-state index in [9.17, 15) is 9.59 Å². The first kappa shape index (κ1) is 20.2. The lowest BCUT2D eigenvalue weighted by Gasteiger charge is -2.38. The molecule has 3 aliphatic rings. The van der Waals surface area contributed by atoms with Crippen molar-refractivity contribution in [3.05, 3.63) is 30.3 Å². The van der Waals surface area contributed by atoms with Crippen molar-refractivity contribution in [2.24, 2.45) is 11.8 Å². The van der Waals surface area contributed by atoms with Crippen molar-refractivity contribution in [2.75, 3.05) is 44.2 Å². The highest BCUT2D eigenvalue weighted by molar-refractivity contribution is 5.81. The van der Waals surface area contributed by atoms with Crippen LogP contribution in [0.2, 0.25) is 0 Å². The highest BCUT2D eigenvalue weighted by Crippen LogP contribution is 2.31. The van der Waals surface area contributed by atoms with Crippen molar-refractivity contribution in [1.29, 1.82) is 0 Å². The molecule has 2 saturated heterocycles. The Morgan fingerprint density at radius 3 is 2.28 bits per heavy atom. The number of para-hydroxylation sites is 1. The van der Waals surface area contributed by atoms with Crippen molar-refractivity contribution in [3.8, 4) is 0 Å². The third kappa shape index (κ3) is 5.10. The van der Waals surface area contributed by atoms with Gasteiger partial charge in [-0.15, -0.1) is 0 Å². The van der Waals surface area contributed by atoms with Crippen LogP contribution in [0.3, 0.4) is 0 Å². The second kappa shape index (κ2) is 9.61. The van der Waals surface area contributed by atoms with E-state index in [1.165, 1.54) is 5.69 Å².